The first-order valence-electron chi connectivity index (χ1n) is 6.73. The highest BCUT2D eigenvalue weighted by atomic mass is 28.4. The van der Waals surface area contributed by atoms with E-state index in [-0.39, 0.29) is 11.9 Å². The minimum Gasteiger partial charge on any atom is -0.374 e. The summed E-state index contributed by atoms with van der Waals surface area (Å²) in [6.45, 7) is 7.35. The molecule has 114 valence electrons. The third-order valence-electron chi connectivity index (χ3n) is 2.46. The molecule has 1 rings (SSSR count). The molecule has 0 fully saturated rings. The molecule has 1 heterocycles. The zero-order chi connectivity index (χ0) is 15.0. The van der Waals surface area contributed by atoms with Gasteiger partial charge in [0.25, 0.3) is 0 Å². The molecule has 1 aromatic rings. The van der Waals surface area contributed by atoms with Gasteiger partial charge in [-0.05, 0) is 20.8 Å². The van der Waals surface area contributed by atoms with E-state index in [0.29, 0.717) is 38.1 Å². The SMILES string of the molecule is CCO[Si](CCc1nc(N)nc(N)n1)(OCC)OCC. The summed E-state index contributed by atoms with van der Waals surface area (Å²) in [6, 6.07) is 0.575. The number of hydrogen-bond donors (Lipinski definition) is 2. The Morgan fingerprint density at radius 3 is 1.70 bits per heavy atom. The van der Waals surface area contributed by atoms with Gasteiger partial charge in [0.1, 0.15) is 5.82 Å². The average Bonchev–Trinajstić information content (AvgIpc) is 2.36. The summed E-state index contributed by atoms with van der Waals surface area (Å²) >= 11 is 0. The molecule has 0 spiro atoms. The summed E-state index contributed by atoms with van der Waals surface area (Å²) in [5.41, 5.74) is 11.1. The smallest absolute Gasteiger partial charge is 0.374 e. The molecule has 0 saturated heterocycles. The predicted molar refractivity (Wildman–Crippen MR) is 77.8 cm³/mol. The van der Waals surface area contributed by atoms with Crippen LogP contribution in [0.15, 0.2) is 0 Å². The number of nitrogen functional groups attached to an aromatic ring is 2. The van der Waals surface area contributed by atoms with E-state index < -0.39 is 8.80 Å². The van der Waals surface area contributed by atoms with Gasteiger partial charge in [0.15, 0.2) is 0 Å². The summed E-state index contributed by atoms with van der Waals surface area (Å²) in [6.07, 6.45) is 0.517. The Bertz CT molecular complexity index is 384. The summed E-state index contributed by atoms with van der Waals surface area (Å²) in [4.78, 5) is 11.8. The van der Waals surface area contributed by atoms with Crippen molar-refractivity contribution in [3.05, 3.63) is 5.82 Å². The van der Waals surface area contributed by atoms with Crippen molar-refractivity contribution in [2.75, 3.05) is 31.3 Å². The zero-order valence-corrected chi connectivity index (χ0v) is 13.3. The minimum atomic E-state index is -2.70. The fraction of sp³-hybridized carbons (Fsp3) is 0.727. The average molecular weight is 301 g/mol. The summed E-state index contributed by atoms with van der Waals surface area (Å²) in [5.74, 6) is 0.749. The topological polar surface area (TPSA) is 118 Å². The highest BCUT2D eigenvalue weighted by Gasteiger charge is 2.40. The van der Waals surface area contributed by atoms with Gasteiger partial charge in [-0.3, -0.25) is 0 Å². The third-order valence-corrected chi connectivity index (χ3v) is 5.51. The summed E-state index contributed by atoms with van der Waals surface area (Å²) < 4.78 is 17.3. The lowest BCUT2D eigenvalue weighted by Gasteiger charge is -2.28. The van der Waals surface area contributed by atoms with E-state index in [2.05, 4.69) is 15.0 Å². The van der Waals surface area contributed by atoms with Crippen LogP contribution in [-0.2, 0) is 19.7 Å². The molecule has 0 aliphatic heterocycles. The lowest BCUT2D eigenvalue weighted by atomic mass is 10.4. The van der Waals surface area contributed by atoms with Crippen molar-refractivity contribution in [1.82, 2.24) is 15.0 Å². The van der Waals surface area contributed by atoms with Gasteiger partial charge in [-0.1, -0.05) is 0 Å². The Labute approximate surface area is 120 Å². The molecule has 0 saturated carbocycles. The molecule has 20 heavy (non-hydrogen) atoms. The second-order valence-corrected chi connectivity index (χ2v) is 6.68. The van der Waals surface area contributed by atoms with Crippen molar-refractivity contribution in [3.63, 3.8) is 0 Å². The first kappa shape index (κ1) is 16.8. The number of aromatic nitrogens is 3. The molecule has 0 atom stereocenters. The van der Waals surface area contributed by atoms with Crippen molar-refractivity contribution < 1.29 is 13.3 Å². The number of aryl methyl sites for hydroxylation is 1. The molecule has 8 nitrogen and oxygen atoms in total. The summed E-state index contributed by atoms with van der Waals surface area (Å²) in [5, 5.41) is 0. The largest absolute Gasteiger partial charge is 0.501 e. The third kappa shape index (κ3) is 5.00. The molecule has 0 unspecified atom stereocenters. The van der Waals surface area contributed by atoms with Crippen molar-refractivity contribution in [2.45, 2.75) is 33.2 Å². The lowest BCUT2D eigenvalue weighted by Crippen LogP contribution is -2.46. The van der Waals surface area contributed by atoms with Crippen molar-refractivity contribution >= 4 is 20.7 Å². The Kier molecular flexibility index (Phi) is 6.79. The van der Waals surface area contributed by atoms with Crippen LogP contribution in [0.3, 0.4) is 0 Å². The van der Waals surface area contributed by atoms with E-state index in [1.807, 2.05) is 20.8 Å². The molecule has 4 N–H and O–H groups in total. The van der Waals surface area contributed by atoms with Gasteiger partial charge in [-0.15, -0.1) is 0 Å². The quantitative estimate of drug-likeness (QED) is 0.637. The normalized spacial score (nSPS) is 11.8. The maximum Gasteiger partial charge on any atom is 0.501 e. The first-order valence-corrected chi connectivity index (χ1v) is 8.66. The van der Waals surface area contributed by atoms with Gasteiger partial charge in [-0.25, -0.2) is 0 Å². The Hall–Kier alpha value is -1.29. The van der Waals surface area contributed by atoms with Crippen molar-refractivity contribution in [2.24, 2.45) is 0 Å². The van der Waals surface area contributed by atoms with E-state index in [4.69, 9.17) is 24.7 Å². The second-order valence-electron chi connectivity index (χ2n) is 3.95. The standard InChI is InChI=1S/C11H23N5O3Si/c1-4-17-20(18-5-2,19-6-3)8-7-9-14-10(12)16-11(13)15-9/h4-8H2,1-3H3,(H4,12,13,14,15,16). The lowest BCUT2D eigenvalue weighted by molar-refractivity contribution is 0.0712. The van der Waals surface area contributed by atoms with Crippen molar-refractivity contribution in [3.8, 4) is 0 Å². The predicted octanol–water partition coefficient (Wildman–Crippen LogP) is 0.627. The van der Waals surface area contributed by atoms with Gasteiger partial charge in [0.05, 0.1) is 0 Å². The van der Waals surface area contributed by atoms with Crippen LogP contribution in [0.5, 0.6) is 0 Å². The van der Waals surface area contributed by atoms with E-state index in [0.717, 1.165) is 0 Å². The van der Waals surface area contributed by atoms with Gasteiger partial charge in [-0.2, -0.15) is 15.0 Å². The molecule has 1 aromatic heterocycles. The molecule has 9 heteroatoms. The maximum absolute atomic E-state index is 5.75. The van der Waals surface area contributed by atoms with Crippen molar-refractivity contribution in [1.29, 1.82) is 0 Å². The molecular weight excluding hydrogens is 278 g/mol. The van der Waals surface area contributed by atoms with Crippen LogP contribution in [0.2, 0.25) is 6.04 Å². The van der Waals surface area contributed by atoms with Crippen LogP contribution in [0.4, 0.5) is 11.9 Å². The second kappa shape index (κ2) is 8.10. The Balaban J connectivity index is 2.78. The minimum absolute atomic E-state index is 0.115. The number of nitrogens with zero attached hydrogens (tertiary/aromatic N) is 3. The molecule has 0 aliphatic rings. The summed E-state index contributed by atoms with van der Waals surface area (Å²) in [7, 11) is -2.70. The number of hydrogen-bond acceptors (Lipinski definition) is 8. The molecule has 0 amide bonds. The van der Waals surface area contributed by atoms with E-state index >= 15 is 0 Å². The number of nitrogens with two attached hydrogens (primary N) is 2. The Morgan fingerprint density at radius 2 is 1.30 bits per heavy atom. The van der Waals surface area contributed by atoms with Gasteiger partial charge in [0.2, 0.25) is 11.9 Å². The molecule has 0 bridgehead atoms. The molecule has 0 aliphatic carbocycles. The number of anilines is 2. The van der Waals surface area contributed by atoms with Crippen LogP contribution in [0.1, 0.15) is 26.6 Å². The van der Waals surface area contributed by atoms with E-state index in [1.165, 1.54) is 0 Å². The van der Waals surface area contributed by atoms with Crippen LogP contribution < -0.4 is 11.5 Å². The van der Waals surface area contributed by atoms with Crippen LogP contribution in [0, 0.1) is 0 Å². The highest BCUT2D eigenvalue weighted by molar-refractivity contribution is 6.60. The highest BCUT2D eigenvalue weighted by Crippen LogP contribution is 2.18. The maximum atomic E-state index is 5.75. The molecular formula is C11H23N5O3Si. The fourth-order valence-corrected chi connectivity index (χ4v) is 4.37. The fourth-order valence-electron chi connectivity index (χ4n) is 1.83. The van der Waals surface area contributed by atoms with E-state index in [1.54, 1.807) is 0 Å². The molecule has 0 radical (unpaired) electrons. The molecule has 0 aromatic carbocycles. The monoisotopic (exact) mass is 301 g/mol. The zero-order valence-electron chi connectivity index (χ0n) is 12.3. The van der Waals surface area contributed by atoms with Crippen LogP contribution >= 0.6 is 0 Å². The van der Waals surface area contributed by atoms with Crippen LogP contribution in [0.25, 0.3) is 0 Å². The van der Waals surface area contributed by atoms with Gasteiger partial charge < -0.3 is 24.7 Å². The first-order chi connectivity index (χ1) is 9.55. The number of rotatable bonds is 9. The van der Waals surface area contributed by atoms with Crippen LogP contribution in [-0.4, -0.2) is 43.6 Å². The van der Waals surface area contributed by atoms with E-state index in [9.17, 15) is 0 Å². The Morgan fingerprint density at radius 1 is 0.850 bits per heavy atom. The van der Waals surface area contributed by atoms with Gasteiger partial charge >= 0.3 is 8.80 Å². The van der Waals surface area contributed by atoms with Gasteiger partial charge in [0, 0.05) is 32.3 Å².